The molecular formula is C24H27N3O. The van der Waals surface area contributed by atoms with E-state index in [0.29, 0.717) is 18.0 Å². The van der Waals surface area contributed by atoms with E-state index in [9.17, 15) is 10.1 Å². The van der Waals surface area contributed by atoms with E-state index in [0.717, 1.165) is 57.3 Å². The van der Waals surface area contributed by atoms with Gasteiger partial charge in [0.25, 0.3) is 0 Å². The van der Waals surface area contributed by atoms with Crippen molar-refractivity contribution in [2.75, 3.05) is 19.6 Å². The monoisotopic (exact) mass is 373 g/mol. The second-order valence-electron chi connectivity index (χ2n) is 7.96. The van der Waals surface area contributed by atoms with Crippen molar-refractivity contribution in [3.8, 4) is 6.07 Å². The number of likely N-dealkylation sites (tertiary alicyclic amines) is 2. The zero-order valence-corrected chi connectivity index (χ0v) is 16.3. The van der Waals surface area contributed by atoms with Gasteiger partial charge >= 0.3 is 0 Å². The number of nitriles is 1. The molecule has 144 valence electrons. The average molecular weight is 374 g/mol. The van der Waals surface area contributed by atoms with Crippen LogP contribution in [-0.2, 0) is 17.8 Å². The average Bonchev–Trinajstić information content (AvgIpc) is 3.13. The van der Waals surface area contributed by atoms with Crippen LogP contribution in [0.15, 0.2) is 54.6 Å². The SMILES string of the molecule is N#Cc1ccccc1CN1CCCC12CCCN(CCc1ccccc1)C2=O. The van der Waals surface area contributed by atoms with E-state index < -0.39 is 0 Å². The summed E-state index contributed by atoms with van der Waals surface area (Å²) in [6, 6.07) is 20.5. The van der Waals surface area contributed by atoms with Gasteiger partial charge in [-0.1, -0.05) is 48.5 Å². The Kier molecular flexibility index (Phi) is 5.45. The molecule has 1 spiro atoms. The van der Waals surface area contributed by atoms with E-state index in [1.807, 2.05) is 30.3 Å². The fraction of sp³-hybridized carbons (Fsp3) is 0.417. The normalized spacial score (nSPS) is 22.5. The zero-order valence-electron chi connectivity index (χ0n) is 16.3. The van der Waals surface area contributed by atoms with E-state index in [-0.39, 0.29) is 5.54 Å². The number of benzene rings is 2. The summed E-state index contributed by atoms with van der Waals surface area (Å²) in [4.78, 5) is 18.0. The third-order valence-corrected chi connectivity index (χ3v) is 6.34. The van der Waals surface area contributed by atoms with Crippen molar-refractivity contribution in [3.05, 3.63) is 71.3 Å². The van der Waals surface area contributed by atoms with Crippen LogP contribution in [0.4, 0.5) is 0 Å². The molecule has 0 saturated carbocycles. The quantitative estimate of drug-likeness (QED) is 0.802. The van der Waals surface area contributed by atoms with Gasteiger partial charge in [0.05, 0.1) is 11.6 Å². The lowest BCUT2D eigenvalue weighted by molar-refractivity contribution is -0.147. The highest BCUT2D eigenvalue weighted by Crippen LogP contribution is 2.39. The zero-order chi connectivity index (χ0) is 19.4. The Labute approximate surface area is 167 Å². The molecule has 28 heavy (non-hydrogen) atoms. The molecule has 2 saturated heterocycles. The minimum absolute atomic E-state index is 0.293. The Balaban J connectivity index is 1.50. The highest BCUT2D eigenvalue weighted by Gasteiger charge is 2.50. The topological polar surface area (TPSA) is 47.3 Å². The van der Waals surface area contributed by atoms with Crippen molar-refractivity contribution in [2.45, 2.75) is 44.2 Å². The van der Waals surface area contributed by atoms with Gasteiger partial charge in [-0.3, -0.25) is 9.69 Å². The number of hydrogen-bond acceptors (Lipinski definition) is 3. The number of carbonyl (C=O) groups excluding carboxylic acids is 1. The maximum absolute atomic E-state index is 13.5. The second kappa shape index (κ2) is 8.16. The largest absolute Gasteiger partial charge is 0.341 e. The van der Waals surface area contributed by atoms with Crippen LogP contribution in [0.1, 0.15) is 42.4 Å². The molecule has 0 aromatic heterocycles. The molecule has 0 N–H and O–H groups in total. The summed E-state index contributed by atoms with van der Waals surface area (Å²) in [5.74, 6) is 0.293. The molecule has 4 heteroatoms. The molecule has 2 aliphatic rings. The molecule has 2 aromatic carbocycles. The van der Waals surface area contributed by atoms with Crippen LogP contribution >= 0.6 is 0 Å². The lowest BCUT2D eigenvalue weighted by atomic mass is 9.84. The summed E-state index contributed by atoms with van der Waals surface area (Å²) < 4.78 is 0. The van der Waals surface area contributed by atoms with Crippen molar-refractivity contribution in [2.24, 2.45) is 0 Å². The predicted molar refractivity (Wildman–Crippen MR) is 109 cm³/mol. The summed E-state index contributed by atoms with van der Waals surface area (Å²) in [6.07, 6.45) is 4.87. The molecular weight excluding hydrogens is 346 g/mol. The summed E-state index contributed by atoms with van der Waals surface area (Å²) >= 11 is 0. The first-order valence-electron chi connectivity index (χ1n) is 10.3. The standard InChI is InChI=1S/C24H27N3O/c25-18-21-10-4-5-11-22(21)19-27-16-7-14-24(27)13-6-15-26(23(24)28)17-12-20-8-2-1-3-9-20/h1-5,8-11H,6-7,12-17,19H2. The molecule has 2 aliphatic heterocycles. The van der Waals surface area contributed by atoms with Crippen molar-refractivity contribution >= 4 is 5.91 Å². The number of amides is 1. The van der Waals surface area contributed by atoms with Crippen molar-refractivity contribution in [1.29, 1.82) is 5.26 Å². The van der Waals surface area contributed by atoms with Gasteiger partial charge in [0.15, 0.2) is 0 Å². The van der Waals surface area contributed by atoms with Crippen molar-refractivity contribution < 1.29 is 4.79 Å². The molecule has 4 nitrogen and oxygen atoms in total. The van der Waals surface area contributed by atoms with E-state index in [1.54, 1.807) is 0 Å². The van der Waals surface area contributed by atoms with Gasteiger partial charge in [-0.25, -0.2) is 0 Å². The summed E-state index contributed by atoms with van der Waals surface area (Å²) in [6.45, 7) is 3.25. The smallest absolute Gasteiger partial charge is 0.243 e. The van der Waals surface area contributed by atoms with E-state index in [2.05, 4.69) is 40.1 Å². The number of carbonyl (C=O) groups is 1. The van der Waals surface area contributed by atoms with Crippen molar-refractivity contribution in [3.63, 3.8) is 0 Å². The third-order valence-electron chi connectivity index (χ3n) is 6.34. The number of hydrogen-bond donors (Lipinski definition) is 0. The van der Waals surface area contributed by atoms with Crippen LogP contribution in [0.2, 0.25) is 0 Å². The third kappa shape index (κ3) is 3.55. The Bertz CT molecular complexity index is 873. The van der Waals surface area contributed by atoms with E-state index >= 15 is 0 Å². The van der Waals surface area contributed by atoms with Crippen LogP contribution in [0.25, 0.3) is 0 Å². The maximum atomic E-state index is 13.5. The van der Waals surface area contributed by atoms with Gasteiger partial charge in [0.2, 0.25) is 5.91 Å². The van der Waals surface area contributed by atoms with Crippen LogP contribution in [0, 0.1) is 11.3 Å². The number of rotatable bonds is 5. The molecule has 4 rings (SSSR count). The lowest BCUT2D eigenvalue weighted by Gasteiger charge is -2.45. The Hall–Kier alpha value is -2.64. The molecule has 1 atom stereocenters. The minimum Gasteiger partial charge on any atom is -0.341 e. The van der Waals surface area contributed by atoms with Gasteiger partial charge in [0, 0.05) is 19.6 Å². The van der Waals surface area contributed by atoms with Crippen LogP contribution in [0.3, 0.4) is 0 Å². The molecule has 2 aromatic rings. The Morgan fingerprint density at radius 2 is 1.68 bits per heavy atom. The fourth-order valence-electron chi connectivity index (χ4n) is 4.85. The first kappa shape index (κ1) is 18.7. The molecule has 0 bridgehead atoms. The molecule has 0 radical (unpaired) electrons. The Morgan fingerprint density at radius 1 is 0.964 bits per heavy atom. The van der Waals surface area contributed by atoms with E-state index in [1.165, 1.54) is 5.56 Å². The van der Waals surface area contributed by atoms with Crippen LogP contribution in [-0.4, -0.2) is 40.9 Å². The van der Waals surface area contributed by atoms with Gasteiger partial charge in [-0.05, 0) is 55.8 Å². The highest BCUT2D eigenvalue weighted by molar-refractivity contribution is 5.87. The molecule has 1 unspecified atom stereocenters. The van der Waals surface area contributed by atoms with Gasteiger partial charge in [-0.2, -0.15) is 5.26 Å². The first-order chi connectivity index (χ1) is 13.7. The molecule has 2 heterocycles. The fourth-order valence-corrected chi connectivity index (χ4v) is 4.85. The van der Waals surface area contributed by atoms with Crippen molar-refractivity contribution in [1.82, 2.24) is 9.80 Å². The second-order valence-corrected chi connectivity index (χ2v) is 7.96. The van der Waals surface area contributed by atoms with Gasteiger partial charge < -0.3 is 4.90 Å². The maximum Gasteiger partial charge on any atom is 0.243 e. The highest BCUT2D eigenvalue weighted by atomic mass is 16.2. The van der Waals surface area contributed by atoms with Gasteiger partial charge in [-0.15, -0.1) is 0 Å². The van der Waals surface area contributed by atoms with Gasteiger partial charge in [0.1, 0.15) is 5.54 Å². The molecule has 0 aliphatic carbocycles. The summed E-state index contributed by atoms with van der Waals surface area (Å²) in [5, 5.41) is 9.42. The Morgan fingerprint density at radius 3 is 2.46 bits per heavy atom. The number of piperidine rings is 1. The molecule has 1 amide bonds. The summed E-state index contributed by atoms with van der Waals surface area (Å²) in [7, 11) is 0. The number of nitrogens with zero attached hydrogens (tertiary/aromatic N) is 3. The lowest BCUT2D eigenvalue weighted by Crippen LogP contribution is -2.59. The predicted octanol–water partition coefficient (Wildman–Crippen LogP) is 3.76. The van der Waals surface area contributed by atoms with Crippen LogP contribution < -0.4 is 0 Å². The summed E-state index contributed by atoms with van der Waals surface area (Å²) in [5.41, 5.74) is 2.65. The first-order valence-corrected chi connectivity index (χ1v) is 10.3. The van der Waals surface area contributed by atoms with Crippen LogP contribution in [0.5, 0.6) is 0 Å². The minimum atomic E-state index is -0.377. The molecule has 2 fully saturated rings. The van der Waals surface area contributed by atoms with E-state index in [4.69, 9.17) is 0 Å².